The molecule has 0 bridgehead atoms. The zero-order valence-corrected chi connectivity index (χ0v) is 20.5. The Bertz CT molecular complexity index is 1440. The number of guanidine groups is 1. The molecule has 3 atom stereocenters. The molecule has 0 saturated heterocycles. The molecule has 37 heavy (non-hydrogen) atoms. The normalized spacial score (nSPS) is 20.8. The molecule has 1 aliphatic carbocycles. The van der Waals surface area contributed by atoms with E-state index in [9.17, 15) is 4.79 Å². The minimum absolute atomic E-state index is 0.109. The van der Waals surface area contributed by atoms with Crippen LogP contribution in [0, 0.1) is 0 Å². The smallest absolute Gasteiger partial charge is 0.267 e. The minimum atomic E-state index is -0.334. The average molecular weight is 490 g/mol. The molecular formula is C29H27N7O. The zero-order valence-electron chi connectivity index (χ0n) is 20.5. The van der Waals surface area contributed by atoms with Crippen LogP contribution in [-0.4, -0.2) is 50.7 Å². The summed E-state index contributed by atoms with van der Waals surface area (Å²) in [5.74, 6) is 1.92. The maximum atomic E-state index is 13.9. The third kappa shape index (κ3) is 3.43. The fraction of sp³-hybridized carbons (Fsp3) is 0.241. The van der Waals surface area contributed by atoms with E-state index in [0.29, 0.717) is 23.2 Å². The van der Waals surface area contributed by atoms with E-state index in [1.54, 1.807) is 11.1 Å². The molecule has 1 N–H and O–H groups in total. The van der Waals surface area contributed by atoms with Gasteiger partial charge >= 0.3 is 0 Å². The number of anilines is 3. The highest BCUT2D eigenvalue weighted by atomic mass is 16.2. The van der Waals surface area contributed by atoms with Crippen molar-refractivity contribution in [3.05, 3.63) is 102 Å². The van der Waals surface area contributed by atoms with E-state index in [2.05, 4.69) is 22.3 Å². The van der Waals surface area contributed by atoms with Gasteiger partial charge in [0.05, 0.1) is 17.8 Å². The summed E-state index contributed by atoms with van der Waals surface area (Å²) in [4.78, 5) is 27.5. The number of benzene rings is 2. The minimum Gasteiger partial charge on any atom is -0.340 e. The third-order valence-corrected chi connectivity index (χ3v) is 7.58. The van der Waals surface area contributed by atoms with Crippen molar-refractivity contribution in [2.45, 2.75) is 37.4 Å². The number of carbonyl (C=O) groups excluding carboxylic acids is 1. The summed E-state index contributed by atoms with van der Waals surface area (Å²) in [6.07, 6.45) is 5.01. The van der Waals surface area contributed by atoms with Gasteiger partial charge in [0.15, 0.2) is 5.82 Å². The first-order valence-corrected chi connectivity index (χ1v) is 12.8. The monoisotopic (exact) mass is 489 g/mol. The van der Waals surface area contributed by atoms with Crippen molar-refractivity contribution in [1.82, 2.24) is 19.7 Å². The average Bonchev–Trinajstić information content (AvgIpc) is 3.63. The van der Waals surface area contributed by atoms with Crippen molar-refractivity contribution < 1.29 is 4.79 Å². The molecule has 184 valence electrons. The largest absolute Gasteiger partial charge is 0.340 e. The summed E-state index contributed by atoms with van der Waals surface area (Å²) in [5, 5.41) is 8.75. The Kier molecular flexibility index (Phi) is 5.06. The van der Waals surface area contributed by atoms with Crippen molar-refractivity contribution in [3.8, 4) is 0 Å². The lowest BCUT2D eigenvalue weighted by atomic mass is 10.0. The van der Waals surface area contributed by atoms with Crippen LogP contribution in [0.15, 0.2) is 90.1 Å². The van der Waals surface area contributed by atoms with E-state index in [-0.39, 0.29) is 24.0 Å². The van der Waals surface area contributed by atoms with Gasteiger partial charge in [-0.3, -0.25) is 19.6 Å². The van der Waals surface area contributed by atoms with Crippen LogP contribution in [-0.2, 0) is 0 Å². The van der Waals surface area contributed by atoms with Crippen LogP contribution in [0.2, 0.25) is 0 Å². The predicted octanol–water partition coefficient (Wildman–Crippen LogP) is 4.84. The van der Waals surface area contributed by atoms with Crippen LogP contribution in [0.25, 0.3) is 0 Å². The van der Waals surface area contributed by atoms with Gasteiger partial charge in [-0.15, -0.1) is 0 Å². The number of hydrogen-bond acceptors (Lipinski definition) is 6. The number of aliphatic imine (C=N–C) groups is 1. The lowest BCUT2D eigenvalue weighted by molar-refractivity contribution is 0.0866. The van der Waals surface area contributed by atoms with Gasteiger partial charge in [0.25, 0.3) is 5.91 Å². The number of nitrogens with zero attached hydrogens (tertiary/aromatic N) is 6. The first-order valence-electron chi connectivity index (χ1n) is 12.8. The SMILES string of the molecule is CN1C(=O)c2c(nn(C(c3ccccc3)c3ccccn3)c2Nc2ccccc2)N2C1=N[C@@H]1CCC[C@@H]12. The molecule has 4 aromatic rings. The molecule has 7 rings (SSSR count). The number of para-hydroxylation sites is 1. The molecule has 8 heteroatoms. The van der Waals surface area contributed by atoms with Gasteiger partial charge in [0.2, 0.25) is 5.96 Å². The Balaban J connectivity index is 1.48. The molecule has 0 radical (unpaired) electrons. The summed E-state index contributed by atoms with van der Waals surface area (Å²) in [5.41, 5.74) is 3.33. The Morgan fingerprint density at radius 3 is 2.46 bits per heavy atom. The number of hydrogen-bond donors (Lipinski definition) is 1. The molecule has 4 heterocycles. The molecule has 3 aliphatic rings. The Morgan fingerprint density at radius 2 is 1.70 bits per heavy atom. The predicted molar refractivity (Wildman–Crippen MR) is 143 cm³/mol. The van der Waals surface area contributed by atoms with Crippen molar-refractivity contribution >= 4 is 29.2 Å². The van der Waals surface area contributed by atoms with Crippen molar-refractivity contribution in [1.29, 1.82) is 0 Å². The molecule has 8 nitrogen and oxygen atoms in total. The fourth-order valence-corrected chi connectivity index (χ4v) is 5.85. The highest BCUT2D eigenvalue weighted by molar-refractivity contribution is 6.21. The van der Waals surface area contributed by atoms with Crippen LogP contribution in [0.5, 0.6) is 0 Å². The lowest BCUT2D eigenvalue weighted by Gasteiger charge is -2.34. The van der Waals surface area contributed by atoms with Crippen molar-refractivity contribution in [2.24, 2.45) is 4.99 Å². The first kappa shape index (κ1) is 21.8. The summed E-state index contributed by atoms with van der Waals surface area (Å²) < 4.78 is 1.94. The van der Waals surface area contributed by atoms with Gasteiger partial charge in [-0.2, -0.15) is 5.10 Å². The highest BCUT2D eigenvalue weighted by Crippen LogP contribution is 2.44. The molecule has 0 spiro atoms. The molecule has 2 aromatic carbocycles. The van der Waals surface area contributed by atoms with Gasteiger partial charge in [-0.25, -0.2) is 9.67 Å². The fourth-order valence-electron chi connectivity index (χ4n) is 5.85. The van der Waals surface area contributed by atoms with Gasteiger partial charge in [0, 0.05) is 18.9 Å². The van der Waals surface area contributed by atoms with Crippen molar-refractivity contribution in [3.63, 3.8) is 0 Å². The molecule has 1 unspecified atom stereocenters. The Hall–Kier alpha value is -4.46. The molecule has 1 amide bonds. The topological polar surface area (TPSA) is 78.7 Å². The highest BCUT2D eigenvalue weighted by Gasteiger charge is 2.49. The van der Waals surface area contributed by atoms with Crippen LogP contribution in [0.4, 0.5) is 17.3 Å². The Labute approximate surface area is 215 Å². The number of carbonyl (C=O) groups is 1. The second-order valence-electron chi connectivity index (χ2n) is 9.78. The van der Waals surface area contributed by atoms with E-state index >= 15 is 0 Å². The number of amides is 1. The zero-order chi connectivity index (χ0) is 24.9. The molecule has 2 aliphatic heterocycles. The van der Waals surface area contributed by atoms with E-state index < -0.39 is 0 Å². The van der Waals surface area contributed by atoms with Gasteiger partial charge in [-0.05, 0) is 49.1 Å². The van der Waals surface area contributed by atoms with Crippen LogP contribution in [0.1, 0.15) is 46.9 Å². The summed E-state index contributed by atoms with van der Waals surface area (Å²) >= 11 is 0. The number of nitrogens with one attached hydrogen (secondary N) is 1. The molecular weight excluding hydrogens is 462 g/mol. The second kappa shape index (κ2) is 8.58. The van der Waals surface area contributed by atoms with E-state index in [4.69, 9.17) is 15.1 Å². The lowest BCUT2D eigenvalue weighted by Crippen LogP contribution is -2.51. The van der Waals surface area contributed by atoms with Crippen LogP contribution >= 0.6 is 0 Å². The van der Waals surface area contributed by atoms with E-state index in [0.717, 1.165) is 36.2 Å². The molecule has 1 fully saturated rings. The van der Waals surface area contributed by atoms with Crippen molar-refractivity contribution in [2.75, 3.05) is 17.3 Å². The number of aromatic nitrogens is 3. The maximum absolute atomic E-state index is 13.9. The molecule has 2 aromatic heterocycles. The van der Waals surface area contributed by atoms with Gasteiger partial charge in [-0.1, -0.05) is 54.6 Å². The Morgan fingerprint density at radius 1 is 0.946 bits per heavy atom. The van der Waals surface area contributed by atoms with Crippen LogP contribution in [0.3, 0.4) is 0 Å². The summed E-state index contributed by atoms with van der Waals surface area (Å²) in [7, 11) is 1.81. The number of pyridine rings is 1. The van der Waals surface area contributed by atoms with Crippen LogP contribution < -0.4 is 10.2 Å². The quantitative estimate of drug-likeness (QED) is 0.434. The number of fused-ring (bicyclic) bond motifs is 5. The van der Waals surface area contributed by atoms with Gasteiger partial charge in [0.1, 0.15) is 17.4 Å². The standard InChI is InChI=1S/C29H27N7O/c1-34-28(37)24-26(31-20-13-6-3-7-14-20)36(33-27(24)35-23-17-10-16-21(23)32-29(34)35)25(19-11-4-2-5-12-19)22-15-8-9-18-30-22/h2-9,11-15,18,21,23,25,31H,10,16-17H2,1H3/t21-,23+,25?/m1/s1. The molecule has 1 saturated carbocycles. The maximum Gasteiger partial charge on any atom is 0.267 e. The van der Waals surface area contributed by atoms with E-state index in [1.165, 1.54) is 0 Å². The first-order chi connectivity index (χ1) is 18.2. The van der Waals surface area contributed by atoms with Gasteiger partial charge < -0.3 is 5.32 Å². The summed E-state index contributed by atoms with van der Waals surface area (Å²) in [6, 6.07) is 26.1. The summed E-state index contributed by atoms with van der Waals surface area (Å²) in [6.45, 7) is 0. The third-order valence-electron chi connectivity index (χ3n) is 7.58. The number of rotatable bonds is 5. The second-order valence-corrected chi connectivity index (χ2v) is 9.78. The van der Waals surface area contributed by atoms with E-state index in [1.807, 2.05) is 78.5 Å².